The maximum absolute atomic E-state index is 11.7. The first-order valence-corrected chi connectivity index (χ1v) is 6.80. The Morgan fingerprint density at radius 1 is 1.50 bits per heavy atom. The summed E-state index contributed by atoms with van der Waals surface area (Å²) in [7, 11) is 0. The molecule has 1 unspecified atom stereocenters. The van der Waals surface area contributed by atoms with Crippen molar-refractivity contribution in [2.75, 3.05) is 0 Å². The molecule has 0 aliphatic heterocycles. The molecule has 3 amide bonds. The molecule has 1 saturated carbocycles. The van der Waals surface area contributed by atoms with Gasteiger partial charge in [0.25, 0.3) is 0 Å². The van der Waals surface area contributed by atoms with Crippen molar-refractivity contribution < 1.29 is 9.59 Å². The largest absolute Gasteiger partial charge is 0.335 e. The summed E-state index contributed by atoms with van der Waals surface area (Å²) in [5.74, 6) is -0.429. The summed E-state index contributed by atoms with van der Waals surface area (Å²) in [6, 6.07) is -0.509. The van der Waals surface area contributed by atoms with Gasteiger partial charge in [-0.2, -0.15) is 0 Å². The van der Waals surface area contributed by atoms with Crippen molar-refractivity contribution in [2.45, 2.75) is 51.2 Å². The van der Waals surface area contributed by atoms with Gasteiger partial charge in [0.2, 0.25) is 5.91 Å². The van der Waals surface area contributed by atoms with Gasteiger partial charge in [-0.1, -0.05) is 18.1 Å². The predicted octanol–water partition coefficient (Wildman–Crippen LogP) is 0.0662. The molecular weight excluding hydrogens is 260 g/mol. The van der Waals surface area contributed by atoms with Crippen LogP contribution in [0.2, 0.25) is 0 Å². The maximum Gasteiger partial charge on any atom is 0.321 e. The molecule has 1 heterocycles. The minimum Gasteiger partial charge on any atom is -0.335 e. The number of hydrogen-bond acceptors (Lipinski definition) is 5. The third-order valence-corrected chi connectivity index (χ3v) is 3.27. The zero-order valence-corrected chi connectivity index (χ0v) is 11.5. The van der Waals surface area contributed by atoms with E-state index in [4.69, 9.17) is 5.73 Å². The smallest absolute Gasteiger partial charge is 0.321 e. The molecule has 0 spiro atoms. The zero-order valence-electron chi connectivity index (χ0n) is 11.5. The number of amides is 3. The number of hydrogen-bond donors (Lipinski definition) is 3. The Morgan fingerprint density at radius 2 is 2.20 bits per heavy atom. The van der Waals surface area contributed by atoms with Gasteiger partial charge in [0, 0.05) is 12.1 Å². The second-order valence-corrected chi connectivity index (χ2v) is 5.13. The lowest BCUT2D eigenvalue weighted by Gasteiger charge is -2.12. The fourth-order valence-corrected chi connectivity index (χ4v) is 2.20. The van der Waals surface area contributed by atoms with Crippen LogP contribution < -0.4 is 16.4 Å². The molecule has 1 aromatic heterocycles. The van der Waals surface area contributed by atoms with E-state index >= 15 is 0 Å². The molecule has 1 aromatic rings. The second kappa shape index (κ2) is 6.47. The summed E-state index contributed by atoms with van der Waals surface area (Å²) in [6.07, 6.45) is 5.79. The number of urea groups is 1. The summed E-state index contributed by atoms with van der Waals surface area (Å²) in [5, 5.41) is 12.7. The predicted molar refractivity (Wildman–Crippen MR) is 71.6 cm³/mol. The molecule has 8 heteroatoms. The van der Waals surface area contributed by atoms with Crippen LogP contribution in [0.4, 0.5) is 4.79 Å². The lowest BCUT2D eigenvalue weighted by Crippen LogP contribution is -2.44. The minimum atomic E-state index is -0.450. The SMILES string of the molecule is CC(N)c1cn(CC(=O)NC(=O)NC2CCCC2)nn1. The van der Waals surface area contributed by atoms with Crippen LogP contribution in [0.25, 0.3) is 0 Å². The number of imide groups is 1. The lowest BCUT2D eigenvalue weighted by atomic mass is 10.2. The molecule has 0 aromatic carbocycles. The fraction of sp³-hybridized carbons (Fsp3) is 0.667. The van der Waals surface area contributed by atoms with Gasteiger partial charge < -0.3 is 11.1 Å². The van der Waals surface area contributed by atoms with Crippen molar-refractivity contribution in [3.63, 3.8) is 0 Å². The summed E-state index contributed by atoms with van der Waals surface area (Å²) in [5.41, 5.74) is 6.25. The van der Waals surface area contributed by atoms with Crippen molar-refractivity contribution in [3.05, 3.63) is 11.9 Å². The van der Waals surface area contributed by atoms with Crippen LogP contribution in [0.3, 0.4) is 0 Å². The summed E-state index contributed by atoms with van der Waals surface area (Å²) < 4.78 is 1.36. The van der Waals surface area contributed by atoms with Crippen LogP contribution in [0, 0.1) is 0 Å². The van der Waals surface area contributed by atoms with Gasteiger partial charge in [-0.25, -0.2) is 9.48 Å². The summed E-state index contributed by atoms with van der Waals surface area (Å²) >= 11 is 0. The van der Waals surface area contributed by atoms with E-state index in [9.17, 15) is 9.59 Å². The van der Waals surface area contributed by atoms with E-state index in [0.717, 1.165) is 25.7 Å². The van der Waals surface area contributed by atoms with Gasteiger partial charge in [0.1, 0.15) is 6.54 Å². The number of rotatable bonds is 4. The molecule has 4 N–H and O–H groups in total. The quantitative estimate of drug-likeness (QED) is 0.721. The van der Waals surface area contributed by atoms with Gasteiger partial charge in [0.05, 0.1) is 11.9 Å². The molecule has 2 rings (SSSR count). The van der Waals surface area contributed by atoms with Crippen LogP contribution in [-0.2, 0) is 11.3 Å². The van der Waals surface area contributed by atoms with Gasteiger partial charge in [0.15, 0.2) is 0 Å². The molecule has 8 nitrogen and oxygen atoms in total. The first-order valence-electron chi connectivity index (χ1n) is 6.80. The molecule has 20 heavy (non-hydrogen) atoms. The van der Waals surface area contributed by atoms with Crippen LogP contribution in [0.15, 0.2) is 6.20 Å². The zero-order chi connectivity index (χ0) is 14.5. The third-order valence-electron chi connectivity index (χ3n) is 3.27. The van der Waals surface area contributed by atoms with Crippen LogP contribution in [0.5, 0.6) is 0 Å². The van der Waals surface area contributed by atoms with Crippen molar-refractivity contribution >= 4 is 11.9 Å². The number of nitrogens with one attached hydrogen (secondary N) is 2. The molecule has 110 valence electrons. The number of nitrogens with zero attached hydrogens (tertiary/aromatic N) is 3. The van der Waals surface area contributed by atoms with E-state index in [1.807, 2.05) is 0 Å². The molecule has 1 fully saturated rings. The molecule has 0 saturated heterocycles. The number of carbonyl (C=O) groups excluding carboxylic acids is 2. The van der Waals surface area contributed by atoms with Gasteiger partial charge in [-0.05, 0) is 19.8 Å². The minimum absolute atomic E-state index is 0.0577. The highest BCUT2D eigenvalue weighted by Crippen LogP contribution is 2.17. The van der Waals surface area contributed by atoms with E-state index in [2.05, 4.69) is 20.9 Å². The highest BCUT2D eigenvalue weighted by Gasteiger charge is 2.18. The van der Waals surface area contributed by atoms with Crippen molar-refractivity contribution in [1.29, 1.82) is 0 Å². The Morgan fingerprint density at radius 3 is 2.80 bits per heavy atom. The number of aromatic nitrogens is 3. The van der Waals surface area contributed by atoms with E-state index in [-0.39, 0.29) is 18.6 Å². The highest BCUT2D eigenvalue weighted by atomic mass is 16.2. The van der Waals surface area contributed by atoms with Gasteiger partial charge in [-0.15, -0.1) is 5.10 Å². The normalized spacial score (nSPS) is 16.9. The Kier molecular flexibility index (Phi) is 4.67. The molecular formula is C12H20N6O2. The summed E-state index contributed by atoms with van der Waals surface area (Å²) in [4.78, 5) is 23.3. The van der Waals surface area contributed by atoms with E-state index < -0.39 is 11.9 Å². The monoisotopic (exact) mass is 280 g/mol. The maximum atomic E-state index is 11.7. The fourth-order valence-electron chi connectivity index (χ4n) is 2.20. The van der Waals surface area contributed by atoms with E-state index in [1.165, 1.54) is 4.68 Å². The average Bonchev–Trinajstić information content (AvgIpc) is 2.99. The van der Waals surface area contributed by atoms with Crippen molar-refractivity contribution in [1.82, 2.24) is 25.6 Å². The molecule has 0 bridgehead atoms. The standard InChI is InChI=1S/C12H20N6O2/c1-8(13)10-6-18(17-16-10)7-11(19)15-12(20)14-9-4-2-3-5-9/h6,8-9H,2-5,7,13H2,1H3,(H2,14,15,19,20). The molecule has 1 aliphatic rings. The van der Waals surface area contributed by atoms with Gasteiger partial charge >= 0.3 is 6.03 Å². The molecule has 1 aliphatic carbocycles. The van der Waals surface area contributed by atoms with Crippen molar-refractivity contribution in [2.24, 2.45) is 5.73 Å². The van der Waals surface area contributed by atoms with Crippen LogP contribution in [0.1, 0.15) is 44.3 Å². The Hall–Kier alpha value is -1.96. The Labute approximate surface area is 117 Å². The number of carbonyl (C=O) groups is 2. The van der Waals surface area contributed by atoms with E-state index in [0.29, 0.717) is 5.69 Å². The average molecular weight is 280 g/mol. The van der Waals surface area contributed by atoms with Crippen molar-refractivity contribution in [3.8, 4) is 0 Å². The Bertz CT molecular complexity index is 478. The lowest BCUT2D eigenvalue weighted by molar-refractivity contribution is -0.120. The number of nitrogens with two attached hydrogens (primary N) is 1. The first-order chi connectivity index (χ1) is 9.54. The van der Waals surface area contributed by atoms with Gasteiger partial charge in [-0.3, -0.25) is 10.1 Å². The Balaban J connectivity index is 1.77. The third kappa shape index (κ3) is 4.02. The molecule has 1 atom stereocenters. The van der Waals surface area contributed by atoms with Crippen LogP contribution in [-0.4, -0.2) is 33.0 Å². The summed E-state index contributed by atoms with van der Waals surface area (Å²) in [6.45, 7) is 1.72. The van der Waals surface area contributed by atoms with Crippen LogP contribution >= 0.6 is 0 Å². The van der Waals surface area contributed by atoms with E-state index in [1.54, 1.807) is 13.1 Å². The molecule has 0 radical (unpaired) electrons. The topological polar surface area (TPSA) is 115 Å². The second-order valence-electron chi connectivity index (χ2n) is 5.13. The first kappa shape index (κ1) is 14.4. The highest BCUT2D eigenvalue weighted by molar-refractivity contribution is 5.94.